The van der Waals surface area contributed by atoms with Crippen molar-refractivity contribution in [3.05, 3.63) is 28.2 Å². The third-order valence-corrected chi connectivity index (χ3v) is 4.75. The van der Waals surface area contributed by atoms with Crippen molar-refractivity contribution in [3.63, 3.8) is 0 Å². The zero-order valence-electron chi connectivity index (χ0n) is 15.6. The fraction of sp³-hybridized carbons (Fsp3) is 0.600. The summed E-state index contributed by atoms with van der Waals surface area (Å²) in [7, 11) is 0. The van der Waals surface area contributed by atoms with Gasteiger partial charge in [-0.1, -0.05) is 87.9 Å². The summed E-state index contributed by atoms with van der Waals surface area (Å²) in [4.78, 5) is 23.6. The van der Waals surface area contributed by atoms with Gasteiger partial charge in [-0.15, -0.1) is 0 Å². The summed E-state index contributed by atoms with van der Waals surface area (Å²) in [6.07, 6.45) is 12.3. The number of unbranched alkanes of at least 4 members (excludes halogenated alkanes) is 9. The second kappa shape index (κ2) is 13.9. The molecular weight excluding hydrogens is 371 g/mol. The average Bonchev–Trinajstić information content (AvgIpc) is 2.61. The van der Waals surface area contributed by atoms with E-state index in [9.17, 15) is 9.59 Å². The summed E-state index contributed by atoms with van der Waals surface area (Å²) >= 11 is 11.8. The zero-order chi connectivity index (χ0) is 19.2. The SMILES string of the molecule is CCCCCCCCCCCCNC(=O)C(=O)Nc1ccc(Cl)cc1Cl. The molecule has 0 spiro atoms. The van der Waals surface area contributed by atoms with Crippen molar-refractivity contribution in [2.75, 3.05) is 11.9 Å². The van der Waals surface area contributed by atoms with Gasteiger partial charge in [0, 0.05) is 11.6 Å². The van der Waals surface area contributed by atoms with Crippen LogP contribution in [0.3, 0.4) is 0 Å². The number of halogens is 2. The summed E-state index contributed by atoms with van der Waals surface area (Å²) in [6.45, 7) is 2.74. The van der Waals surface area contributed by atoms with Gasteiger partial charge in [0.15, 0.2) is 0 Å². The average molecular weight is 401 g/mol. The molecular formula is C20H30Cl2N2O2. The quantitative estimate of drug-likeness (QED) is 0.335. The molecule has 0 unspecified atom stereocenters. The van der Waals surface area contributed by atoms with Gasteiger partial charge >= 0.3 is 11.8 Å². The van der Waals surface area contributed by atoms with Gasteiger partial charge < -0.3 is 10.6 Å². The first kappa shape index (κ1) is 22.8. The fourth-order valence-corrected chi connectivity index (χ4v) is 3.12. The Hall–Kier alpha value is -1.26. The standard InChI is InChI=1S/C20H30Cl2N2O2/c1-2-3-4-5-6-7-8-9-10-11-14-23-19(25)20(26)24-18-13-12-16(21)15-17(18)22/h12-13,15H,2-11,14H2,1H3,(H,23,25)(H,24,26). The zero-order valence-corrected chi connectivity index (χ0v) is 17.1. The van der Waals surface area contributed by atoms with E-state index in [1.165, 1.54) is 57.4 Å². The smallest absolute Gasteiger partial charge is 0.313 e. The number of nitrogens with one attached hydrogen (secondary N) is 2. The Kier molecular flexibility index (Phi) is 12.2. The highest BCUT2D eigenvalue weighted by Crippen LogP contribution is 2.25. The second-order valence-corrected chi connectivity index (χ2v) is 7.36. The summed E-state index contributed by atoms with van der Waals surface area (Å²) in [5, 5.41) is 5.89. The lowest BCUT2D eigenvalue weighted by molar-refractivity contribution is -0.136. The van der Waals surface area contributed by atoms with Crippen molar-refractivity contribution in [1.82, 2.24) is 5.32 Å². The molecule has 1 rings (SSSR count). The number of carbonyl (C=O) groups excluding carboxylic acids is 2. The first-order chi connectivity index (χ1) is 12.5. The predicted molar refractivity (Wildman–Crippen MR) is 110 cm³/mol. The van der Waals surface area contributed by atoms with Crippen LogP contribution in [0.1, 0.15) is 71.1 Å². The van der Waals surface area contributed by atoms with Crippen molar-refractivity contribution in [2.45, 2.75) is 71.1 Å². The first-order valence-electron chi connectivity index (χ1n) is 9.58. The Morgan fingerprint density at radius 3 is 2.00 bits per heavy atom. The minimum Gasteiger partial charge on any atom is -0.348 e. The van der Waals surface area contributed by atoms with Crippen molar-refractivity contribution < 1.29 is 9.59 Å². The highest BCUT2D eigenvalue weighted by molar-refractivity contribution is 6.42. The third-order valence-electron chi connectivity index (χ3n) is 4.20. The van der Waals surface area contributed by atoms with E-state index >= 15 is 0 Å². The van der Waals surface area contributed by atoms with Crippen LogP contribution >= 0.6 is 23.2 Å². The van der Waals surface area contributed by atoms with Crippen molar-refractivity contribution in [2.24, 2.45) is 0 Å². The Morgan fingerprint density at radius 2 is 1.42 bits per heavy atom. The van der Waals surface area contributed by atoms with Gasteiger partial charge in [-0.3, -0.25) is 9.59 Å². The molecule has 1 aromatic carbocycles. The third kappa shape index (κ3) is 10.0. The van der Waals surface area contributed by atoms with Crippen LogP contribution in [0.5, 0.6) is 0 Å². The summed E-state index contributed by atoms with van der Waals surface area (Å²) in [5.74, 6) is -1.37. The normalized spacial score (nSPS) is 10.6. The monoisotopic (exact) mass is 400 g/mol. The Morgan fingerprint density at radius 1 is 0.846 bits per heavy atom. The van der Waals surface area contributed by atoms with Crippen LogP contribution in [0.15, 0.2) is 18.2 Å². The molecule has 1 aromatic rings. The van der Waals surface area contributed by atoms with Crippen LogP contribution in [-0.2, 0) is 9.59 Å². The lowest BCUT2D eigenvalue weighted by Gasteiger charge is -2.08. The van der Waals surface area contributed by atoms with E-state index < -0.39 is 11.8 Å². The molecule has 0 atom stereocenters. The van der Waals surface area contributed by atoms with Gasteiger partial charge in [0.05, 0.1) is 10.7 Å². The minimum atomic E-state index is -0.721. The maximum absolute atomic E-state index is 11.8. The van der Waals surface area contributed by atoms with Gasteiger partial charge in [-0.2, -0.15) is 0 Å². The molecule has 2 amide bonds. The molecule has 0 aromatic heterocycles. The molecule has 26 heavy (non-hydrogen) atoms. The number of hydrogen-bond acceptors (Lipinski definition) is 2. The largest absolute Gasteiger partial charge is 0.348 e. The molecule has 4 nitrogen and oxygen atoms in total. The molecule has 0 aliphatic carbocycles. The number of carbonyl (C=O) groups is 2. The highest BCUT2D eigenvalue weighted by Gasteiger charge is 2.14. The molecule has 0 radical (unpaired) electrons. The van der Waals surface area contributed by atoms with Crippen LogP contribution in [0, 0.1) is 0 Å². The summed E-state index contributed by atoms with van der Waals surface area (Å²) < 4.78 is 0. The molecule has 0 fully saturated rings. The number of amides is 2. The molecule has 2 N–H and O–H groups in total. The van der Waals surface area contributed by atoms with Crippen LogP contribution < -0.4 is 10.6 Å². The van der Waals surface area contributed by atoms with Gasteiger partial charge in [0.2, 0.25) is 0 Å². The first-order valence-corrected chi connectivity index (χ1v) is 10.3. The van der Waals surface area contributed by atoms with Crippen LogP contribution in [0.4, 0.5) is 5.69 Å². The van der Waals surface area contributed by atoms with Crippen LogP contribution in [-0.4, -0.2) is 18.4 Å². The van der Waals surface area contributed by atoms with Crippen molar-refractivity contribution >= 4 is 40.7 Å². The molecule has 0 aliphatic rings. The fourth-order valence-electron chi connectivity index (χ4n) is 2.66. The van der Waals surface area contributed by atoms with Crippen molar-refractivity contribution in [3.8, 4) is 0 Å². The number of rotatable bonds is 12. The molecule has 0 heterocycles. The minimum absolute atomic E-state index is 0.299. The Balaban J connectivity index is 2.06. The number of hydrogen-bond donors (Lipinski definition) is 2. The maximum Gasteiger partial charge on any atom is 0.313 e. The van der Waals surface area contributed by atoms with Gasteiger partial charge in [0.1, 0.15) is 0 Å². The van der Waals surface area contributed by atoms with E-state index in [2.05, 4.69) is 17.6 Å². The Labute approximate surface area is 167 Å². The van der Waals surface area contributed by atoms with Crippen LogP contribution in [0.2, 0.25) is 10.0 Å². The lowest BCUT2D eigenvalue weighted by atomic mass is 10.1. The summed E-state index contributed by atoms with van der Waals surface area (Å²) in [5.41, 5.74) is 0.371. The van der Waals surface area contributed by atoms with E-state index in [0.717, 1.165) is 12.8 Å². The highest BCUT2D eigenvalue weighted by atomic mass is 35.5. The molecule has 6 heteroatoms. The maximum atomic E-state index is 11.8. The van der Waals surface area contributed by atoms with Gasteiger partial charge in [0.25, 0.3) is 0 Å². The molecule has 0 aliphatic heterocycles. The van der Waals surface area contributed by atoms with E-state index in [0.29, 0.717) is 22.3 Å². The summed E-state index contributed by atoms with van der Waals surface area (Å²) in [6, 6.07) is 4.68. The van der Waals surface area contributed by atoms with Crippen molar-refractivity contribution in [1.29, 1.82) is 0 Å². The lowest BCUT2D eigenvalue weighted by Crippen LogP contribution is -2.35. The topological polar surface area (TPSA) is 58.2 Å². The van der Waals surface area contributed by atoms with E-state index in [4.69, 9.17) is 23.2 Å². The van der Waals surface area contributed by atoms with Gasteiger partial charge in [-0.25, -0.2) is 0 Å². The van der Waals surface area contributed by atoms with E-state index in [1.54, 1.807) is 12.1 Å². The second-order valence-electron chi connectivity index (χ2n) is 6.52. The van der Waals surface area contributed by atoms with E-state index in [1.807, 2.05) is 0 Å². The molecule has 0 bridgehead atoms. The van der Waals surface area contributed by atoms with Crippen LogP contribution in [0.25, 0.3) is 0 Å². The van der Waals surface area contributed by atoms with Gasteiger partial charge in [-0.05, 0) is 24.6 Å². The number of benzene rings is 1. The Bertz CT molecular complexity index is 565. The molecule has 0 saturated heterocycles. The van der Waals surface area contributed by atoms with E-state index in [-0.39, 0.29) is 0 Å². The molecule has 146 valence electrons. The predicted octanol–water partition coefficient (Wildman–Crippen LogP) is 5.97. The number of anilines is 1. The molecule has 0 saturated carbocycles.